The summed E-state index contributed by atoms with van der Waals surface area (Å²) in [7, 11) is 0. The molecule has 1 atom stereocenters. The van der Waals surface area contributed by atoms with Crippen LogP contribution in [0.5, 0.6) is 0 Å². The Kier molecular flexibility index (Phi) is 3.90. The summed E-state index contributed by atoms with van der Waals surface area (Å²) in [4.78, 5) is 11.2. The maximum absolute atomic E-state index is 11.2. The Labute approximate surface area is 89.4 Å². The Balaban J connectivity index is 2.98. The summed E-state index contributed by atoms with van der Waals surface area (Å²) in [5.74, 6) is -0.255. The van der Waals surface area contributed by atoms with Gasteiger partial charge in [-0.05, 0) is 30.5 Å². The van der Waals surface area contributed by atoms with Gasteiger partial charge in [-0.15, -0.1) is 6.58 Å². The number of halogens is 1. The molecule has 1 unspecified atom stereocenters. The topological polar surface area (TPSA) is 17.1 Å². The Hall–Kier alpha value is -1.08. The summed E-state index contributed by atoms with van der Waals surface area (Å²) >= 11 is 5.52. The highest BCUT2D eigenvalue weighted by atomic mass is 35.5. The summed E-state index contributed by atoms with van der Waals surface area (Å²) in [6.07, 6.45) is 2.30. The fourth-order valence-electron chi connectivity index (χ4n) is 1.41. The zero-order chi connectivity index (χ0) is 10.6. The molecule has 0 saturated heterocycles. The zero-order valence-corrected chi connectivity index (χ0v) is 8.92. The molecule has 0 spiro atoms. The van der Waals surface area contributed by atoms with E-state index in [0.717, 1.165) is 11.1 Å². The van der Waals surface area contributed by atoms with Gasteiger partial charge in [0.15, 0.2) is 0 Å². The van der Waals surface area contributed by atoms with E-state index in [0.29, 0.717) is 6.42 Å². The number of rotatable bonds is 4. The quantitative estimate of drug-likeness (QED) is 0.548. The standard InChI is InChI=1S/C12H13ClO/c1-3-5-11(12(13)14)10-7-4-6-9(2)8-10/h3-4,6-8,11H,1,5H2,2H3. The van der Waals surface area contributed by atoms with E-state index in [4.69, 9.17) is 11.6 Å². The van der Waals surface area contributed by atoms with Gasteiger partial charge in [0.1, 0.15) is 0 Å². The van der Waals surface area contributed by atoms with Crippen molar-refractivity contribution in [2.75, 3.05) is 0 Å². The van der Waals surface area contributed by atoms with Crippen molar-refractivity contribution in [3.8, 4) is 0 Å². The minimum absolute atomic E-state index is 0.255. The lowest BCUT2D eigenvalue weighted by atomic mass is 9.96. The lowest BCUT2D eigenvalue weighted by Gasteiger charge is -2.10. The fourth-order valence-corrected chi connectivity index (χ4v) is 1.63. The van der Waals surface area contributed by atoms with Gasteiger partial charge >= 0.3 is 0 Å². The molecule has 0 aliphatic rings. The van der Waals surface area contributed by atoms with Crippen LogP contribution in [0.3, 0.4) is 0 Å². The Morgan fingerprint density at radius 3 is 2.86 bits per heavy atom. The van der Waals surface area contributed by atoms with Crippen LogP contribution in [0.2, 0.25) is 0 Å². The van der Waals surface area contributed by atoms with E-state index >= 15 is 0 Å². The van der Waals surface area contributed by atoms with Crippen molar-refractivity contribution < 1.29 is 4.79 Å². The van der Waals surface area contributed by atoms with Gasteiger partial charge < -0.3 is 0 Å². The molecule has 0 aliphatic heterocycles. The van der Waals surface area contributed by atoms with E-state index < -0.39 is 0 Å². The molecule has 2 heteroatoms. The van der Waals surface area contributed by atoms with Gasteiger partial charge in [-0.25, -0.2) is 0 Å². The number of aryl methyl sites for hydroxylation is 1. The summed E-state index contributed by atoms with van der Waals surface area (Å²) in [6, 6.07) is 7.82. The molecule has 0 radical (unpaired) electrons. The molecule has 0 aliphatic carbocycles. The van der Waals surface area contributed by atoms with E-state index in [1.54, 1.807) is 6.08 Å². The first-order chi connectivity index (χ1) is 6.65. The van der Waals surface area contributed by atoms with Gasteiger partial charge in [0.2, 0.25) is 5.24 Å². The van der Waals surface area contributed by atoms with Crippen LogP contribution in [0.4, 0.5) is 0 Å². The van der Waals surface area contributed by atoms with E-state index in [9.17, 15) is 4.79 Å². The molecule has 0 saturated carbocycles. The smallest absolute Gasteiger partial charge is 0.229 e. The number of carbonyl (C=O) groups excluding carboxylic acids is 1. The van der Waals surface area contributed by atoms with E-state index in [1.807, 2.05) is 31.2 Å². The molecule has 0 fully saturated rings. The van der Waals surface area contributed by atoms with Crippen molar-refractivity contribution >= 4 is 16.8 Å². The van der Waals surface area contributed by atoms with Gasteiger partial charge in [0.05, 0.1) is 5.92 Å². The molecule has 1 rings (SSSR count). The van der Waals surface area contributed by atoms with Crippen molar-refractivity contribution in [3.63, 3.8) is 0 Å². The third-order valence-electron chi connectivity index (χ3n) is 2.12. The van der Waals surface area contributed by atoms with E-state index in [2.05, 4.69) is 6.58 Å². The number of benzene rings is 1. The van der Waals surface area contributed by atoms with Crippen LogP contribution < -0.4 is 0 Å². The predicted molar refractivity (Wildman–Crippen MR) is 59.6 cm³/mol. The first-order valence-corrected chi connectivity index (χ1v) is 4.89. The van der Waals surface area contributed by atoms with Crippen LogP contribution >= 0.6 is 11.6 Å². The normalized spacial score (nSPS) is 12.1. The molecule has 0 heterocycles. The second-order valence-electron chi connectivity index (χ2n) is 3.30. The summed E-state index contributed by atoms with van der Waals surface area (Å²) in [5.41, 5.74) is 2.10. The molecule has 1 aromatic carbocycles. The molecule has 0 aromatic heterocycles. The molecule has 0 N–H and O–H groups in total. The van der Waals surface area contributed by atoms with Crippen molar-refractivity contribution in [1.29, 1.82) is 0 Å². The maximum atomic E-state index is 11.2. The highest BCUT2D eigenvalue weighted by Crippen LogP contribution is 2.23. The van der Waals surface area contributed by atoms with Crippen LogP contribution in [-0.2, 0) is 4.79 Å². The molecular weight excluding hydrogens is 196 g/mol. The van der Waals surface area contributed by atoms with Crippen LogP contribution in [0.1, 0.15) is 23.5 Å². The molecule has 74 valence electrons. The van der Waals surface area contributed by atoms with Crippen molar-refractivity contribution in [3.05, 3.63) is 48.0 Å². The van der Waals surface area contributed by atoms with Gasteiger partial charge in [-0.3, -0.25) is 4.79 Å². The zero-order valence-electron chi connectivity index (χ0n) is 8.16. The predicted octanol–water partition coefficient (Wildman–Crippen LogP) is 3.42. The third-order valence-corrected chi connectivity index (χ3v) is 2.38. The monoisotopic (exact) mass is 208 g/mol. The van der Waals surface area contributed by atoms with Gasteiger partial charge in [0, 0.05) is 0 Å². The minimum Gasteiger partial charge on any atom is -0.281 e. The third kappa shape index (κ3) is 2.71. The van der Waals surface area contributed by atoms with Gasteiger partial charge in [-0.2, -0.15) is 0 Å². The average molecular weight is 209 g/mol. The summed E-state index contributed by atoms with van der Waals surface area (Å²) < 4.78 is 0. The van der Waals surface area contributed by atoms with Crippen LogP contribution in [0, 0.1) is 6.92 Å². The number of hydrogen-bond acceptors (Lipinski definition) is 1. The molecule has 0 amide bonds. The van der Waals surface area contributed by atoms with Crippen molar-refractivity contribution in [2.24, 2.45) is 0 Å². The van der Waals surface area contributed by atoms with Crippen LogP contribution in [-0.4, -0.2) is 5.24 Å². The molecule has 1 aromatic rings. The van der Waals surface area contributed by atoms with E-state index in [1.165, 1.54) is 0 Å². The summed E-state index contributed by atoms with van der Waals surface area (Å²) in [5, 5.41) is -0.324. The lowest BCUT2D eigenvalue weighted by Crippen LogP contribution is -2.05. The Bertz CT molecular complexity index is 344. The maximum Gasteiger partial charge on any atom is 0.229 e. The minimum atomic E-state index is -0.324. The van der Waals surface area contributed by atoms with Gasteiger partial charge in [-0.1, -0.05) is 35.9 Å². The van der Waals surface area contributed by atoms with Crippen LogP contribution in [0.25, 0.3) is 0 Å². The van der Waals surface area contributed by atoms with Gasteiger partial charge in [0.25, 0.3) is 0 Å². The second kappa shape index (κ2) is 4.97. The first kappa shape index (κ1) is 11.0. The van der Waals surface area contributed by atoms with Crippen molar-refractivity contribution in [2.45, 2.75) is 19.3 Å². The fraction of sp³-hybridized carbons (Fsp3) is 0.250. The molecule has 1 nitrogen and oxygen atoms in total. The number of allylic oxidation sites excluding steroid dienone is 1. The SMILES string of the molecule is C=CCC(C(=O)Cl)c1cccc(C)c1. The highest BCUT2D eigenvalue weighted by Gasteiger charge is 2.16. The largest absolute Gasteiger partial charge is 0.281 e. The average Bonchev–Trinajstić information content (AvgIpc) is 2.13. The Morgan fingerprint density at radius 2 is 2.36 bits per heavy atom. The lowest BCUT2D eigenvalue weighted by molar-refractivity contribution is -0.112. The summed E-state index contributed by atoms with van der Waals surface area (Å²) in [6.45, 7) is 5.61. The number of hydrogen-bond donors (Lipinski definition) is 0. The highest BCUT2D eigenvalue weighted by molar-refractivity contribution is 6.64. The molecular formula is C12H13ClO. The second-order valence-corrected chi connectivity index (χ2v) is 3.67. The van der Waals surface area contributed by atoms with Crippen LogP contribution in [0.15, 0.2) is 36.9 Å². The van der Waals surface area contributed by atoms with Crippen molar-refractivity contribution in [1.82, 2.24) is 0 Å². The first-order valence-electron chi connectivity index (χ1n) is 4.52. The molecule has 0 bridgehead atoms. The van der Waals surface area contributed by atoms with E-state index in [-0.39, 0.29) is 11.2 Å². The number of carbonyl (C=O) groups is 1. The molecule has 14 heavy (non-hydrogen) atoms. The Morgan fingerprint density at radius 1 is 1.64 bits per heavy atom.